The van der Waals surface area contributed by atoms with E-state index in [1.54, 1.807) is 12.4 Å². The molecule has 1 fully saturated rings. The first-order valence-corrected chi connectivity index (χ1v) is 11.4. The molecule has 1 aliphatic heterocycles. The summed E-state index contributed by atoms with van der Waals surface area (Å²) in [6.45, 7) is 4.95. The summed E-state index contributed by atoms with van der Waals surface area (Å²) >= 11 is 1.47. The highest BCUT2D eigenvalue weighted by Gasteiger charge is 2.29. The minimum Gasteiger partial charge on any atom is -0.337 e. The van der Waals surface area contributed by atoms with Gasteiger partial charge in [-0.2, -0.15) is 0 Å². The van der Waals surface area contributed by atoms with Crippen molar-refractivity contribution in [2.24, 2.45) is 0 Å². The van der Waals surface area contributed by atoms with E-state index >= 15 is 0 Å². The van der Waals surface area contributed by atoms with Gasteiger partial charge in [-0.3, -0.25) is 14.3 Å². The Balaban J connectivity index is 1.56. The van der Waals surface area contributed by atoms with Gasteiger partial charge in [-0.05, 0) is 50.8 Å². The van der Waals surface area contributed by atoms with Crippen LogP contribution in [0.2, 0.25) is 0 Å². The lowest BCUT2D eigenvalue weighted by Gasteiger charge is -2.39. The zero-order valence-corrected chi connectivity index (χ0v) is 18.3. The zero-order chi connectivity index (χ0) is 20.9. The highest BCUT2D eigenvalue weighted by atomic mass is 32.2. The minimum atomic E-state index is 0.180. The Labute approximate surface area is 181 Å². The molecule has 30 heavy (non-hydrogen) atoms. The largest absolute Gasteiger partial charge is 0.337 e. The number of thioether (sulfide) groups is 1. The summed E-state index contributed by atoms with van der Waals surface area (Å²) < 4.78 is 2.09. The summed E-state index contributed by atoms with van der Waals surface area (Å²) in [6, 6.07) is 14.7. The molecule has 2 aromatic heterocycles. The molecule has 0 aliphatic carbocycles. The van der Waals surface area contributed by atoms with Crippen LogP contribution in [0.5, 0.6) is 0 Å². The number of likely N-dealkylation sites (tertiary alicyclic amines) is 1. The molecule has 7 heteroatoms. The van der Waals surface area contributed by atoms with Crippen LogP contribution in [-0.4, -0.2) is 48.4 Å². The number of rotatable bonds is 6. The molecule has 3 heterocycles. The molecule has 156 valence electrons. The second-order valence-electron chi connectivity index (χ2n) is 7.83. The summed E-state index contributed by atoms with van der Waals surface area (Å²) in [5.74, 6) is 1.34. The number of carbonyl (C=O) groups excluding carboxylic acids is 1. The number of benzene rings is 1. The third-order valence-corrected chi connectivity index (χ3v) is 6.60. The molecule has 0 radical (unpaired) electrons. The van der Waals surface area contributed by atoms with Gasteiger partial charge in [-0.25, -0.2) is 0 Å². The quantitative estimate of drug-likeness (QED) is 0.556. The molecule has 2 atom stereocenters. The summed E-state index contributed by atoms with van der Waals surface area (Å²) in [5, 5.41) is 9.63. The molecule has 0 saturated carbocycles. The molecule has 0 N–H and O–H groups in total. The van der Waals surface area contributed by atoms with Crippen molar-refractivity contribution < 1.29 is 4.79 Å². The Morgan fingerprint density at radius 1 is 1.03 bits per heavy atom. The van der Waals surface area contributed by atoms with E-state index in [0.29, 0.717) is 24.4 Å². The maximum atomic E-state index is 13.0. The standard InChI is InChI=1S/C23H27N5OS/c1-17-7-6-8-18(2)28(17)21(29)16-30-23-26-25-22(20-11-13-24-14-12-20)27(23)15-19-9-4-3-5-10-19/h3-5,9-14,17-18H,6-8,15-16H2,1-2H3. The molecule has 1 amide bonds. The van der Waals surface area contributed by atoms with E-state index in [0.717, 1.165) is 29.4 Å². The SMILES string of the molecule is CC1CCCC(C)N1C(=O)CSc1nnc(-c2ccncc2)n1Cc1ccccc1. The zero-order valence-electron chi connectivity index (χ0n) is 17.4. The van der Waals surface area contributed by atoms with E-state index in [4.69, 9.17) is 0 Å². The Morgan fingerprint density at radius 2 is 1.73 bits per heavy atom. The molecule has 1 aromatic carbocycles. The second kappa shape index (κ2) is 9.43. The van der Waals surface area contributed by atoms with Crippen LogP contribution >= 0.6 is 11.8 Å². The lowest BCUT2D eigenvalue weighted by molar-refractivity contribution is -0.134. The van der Waals surface area contributed by atoms with Gasteiger partial charge in [0.2, 0.25) is 5.91 Å². The van der Waals surface area contributed by atoms with Crippen molar-refractivity contribution >= 4 is 17.7 Å². The van der Waals surface area contributed by atoms with Crippen molar-refractivity contribution in [2.75, 3.05) is 5.75 Å². The lowest BCUT2D eigenvalue weighted by Crippen LogP contribution is -2.48. The fraction of sp³-hybridized carbons (Fsp3) is 0.391. The molecule has 1 saturated heterocycles. The van der Waals surface area contributed by atoms with E-state index < -0.39 is 0 Å². The highest BCUT2D eigenvalue weighted by molar-refractivity contribution is 7.99. The van der Waals surface area contributed by atoms with E-state index in [2.05, 4.69) is 50.6 Å². The average molecular weight is 422 g/mol. The fourth-order valence-corrected chi connectivity index (χ4v) is 4.94. The first-order chi connectivity index (χ1) is 14.6. The molecule has 1 aliphatic rings. The third-order valence-electron chi connectivity index (χ3n) is 5.65. The van der Waals surface area contributed by atoms with Crippen LogP contribution in [0.4, 0.5) is 0 Å². The molecule has 6 nitrogen and oxygen atoms in total. The fourth-order valence-electron chi connectivity index (χ4n) is 4.13. The van der Waals surface area contributed by atoms with Crippen molar-refractivity contribution in [3.63, 3.8) is 0 Å². The number of aromatic nitrogens is 4. The van der Waals surface area contributed by atoms with Crippen LogP contribution in [0.25, 0.3) is 11.4 Å². The second-order valence-corrected chi connectivity index (χ2v) is 8.77. The number of amides is 1. The average Bonchev–Trinajstić information content (AvgIpc) is 3.16. The normalized spacial score (nSPS) is 19.1. The number of hydrogen-bond acceptors (Lipinski definition) is 5. The van der Waals surface area contributed by atoms with Gasteiger partial charge in [0.25, 0.3) is 0 Å². The molecule has 4 rings (SSSR count). The van der Waals surface area contributed by atoms with Crippen LogP contribution < -0.4 is 0 Å². The van der Waals surface area contributed by atoms with Gasteiger partial charge >= 0.3 is 0 Å². The van der Waals surface area contributed by atoms with Gasteiger partial charge in [0, 0.05) is 30.0 Å². The maximum Gasteiger partial charge on any atom is 0.233 e. The molecule has 0 spiro atoms. The highest BCUT2D eigenvalue weighted by Crippen LogP contribution is 2.27. The van der Waals surface area contributed by atoms with Gasteiger partial charge < -0.3 is 4.90 Å². The van der Waals surface area contributed by atoms with Gasteiger partial charge in [-0.15, -0.1) is 10.2 Å². The monoisotopic (exact) mass is 421 g/mol. The smallest absolute Gasteiger partial charge is 0.233 e. The summed E-state index contributed by atoms with van der Waals surface area (Å²) in [5.41, 5.74) is 2.13. The van der Waals surface area contributed by atoms with Crippen LogP contribution in [-0.2, 0) is 11.3 Å². The van der Waals surface area contributed by atoms with Crippen molar-refractivity contribution in [3.8, 4) is 11.4 Å². The van der Waals surface area contributed by atoms with Gasteiger partial charge in [-0.1, -0.05) is 42.1 Å². The Bertz CT molecular complexity index is 966. The summed E-state index contributed by atoms with van der Waals surface area (Å²) in [7, 11) is 0. The van der Waals surface area contributed by atoms with Crippen LogP contribution in [0.1, 0.15) is 38.7 Å². The van der Waals surface area contributed by atoms with Crippen LogP contribution in [0.15, 0.2) is 60.0 Å². The predicted octanol–water partition coefficient (Wildman–Crippen LogP) is 4.27. The molecular formula is C23H27N5OS. The van der Waals surface area contributed by atoms with Gasteiger partial charge in [0.1, 0.15) is 0 Å². The van der Waals surface area contributed by atoms with Crippen LogP contribution in [0.3, 0.4) is 0 Å². The van der Waals surface area contributed by atoms with E-state index in [1.165, 1.54) is 23.7 Å². The van der Waals surface area contributed by atoms with E-state index in [-0.39, 0.29) is 5.91 Å². The summed E-state index contributed by atoms with van der Waals surface area (Å²) in [6.07, 6.45) is 6.87. The predicted molar refractivity (Wildman–Crippen MR) is 119 cm³/mol. The number of piperidine rings is 1. The van der Waals surface area contributed by atoms with Gasteiger partial charge in [0.05, 0.1) is 12.3 Å². The third kappa shape index (κ3) is 4.56. The number of carbonyl (C=O) groups is 1. The molecule has 0 bridgehead atoms. The number of hydrogen-bond donors (Lipinski definition) is 0. The first-order valence-electron chi connectivity index (χ1n) is 10.4. The van der Waals surface area contributed by atoms with Crippen LogP contribution in [0, 0.1) is 0 Å². The van der Waals surface area contributed by atoms with Crippen molar-refractivity contribution in [3.05, 3.63) is 60.4 Å². The molecule has 3 aromatic rings. The lowest BCUT2D eigenvalue weighted by atomic mass is 9.98. The Hall–Kier alpha value is -2.67. The maximum absolute atomic E-state index is 13.0. The van der Waals surface area contributed by atoms with Gasteiger partial charge in [0.15, 0.2) is 11.0 Å². The minimum absolute atomic E-state index is 0.180. The molecule has 2 unspecified atom stereocenters. The van der Waals surface area contributed by atoms with Crippen molar-refractivity contribution in [1.29, 1.82) is 0 Å². The summed E-state index contributed by atoms with van der Waals surface area (Å²) in [4.78, 5) is 19.1. The Kier molecular flexibility index (Phi) is 6.47. The van der Waals surface area contributed by atoms with E-state index in [9.17, 15) is 4.79 Å². The van der Waals surface area contributed by atoms with Crippen molar-refractivity contribution in [2.45, 2.75) is 56.9 Å². The number of nitrogens with zero attached hydrogens (tertiary/aromatic N) is 5. The van der Waals surface area contributed by atoms with E-state index in [1.807, 2.05) is 30.3 Å². The van der Waals surface area contributed by atoms with Crippen molar-refractivity contribution in [1.82, 2.24) is 24.6 Å². The number of pyridine rings is 1. The molecular weight excluding hydrogens is 394 g/mol. The topological polar surface area (TPSA) is 63.9 Å². The Morgan fingerprint density at radius 3 is 2.43 bits per heavy atom. The first kappa shape index (κ1) is 20.6.